The molecule has 192 valence electrons. The maximum atomic E-state index is 14.3. The van der Waals surface area contributed by atoms with Crippen LogP contribution in [0.2, 0.25) is 0 Å². The van der Waals surface area contributed by atoms with Crippen LogP contribution in [0.15, 0.2) is 60.8 Å². The SMILES string of the molecule is COc1ccc(CCN2C(=S)N(c3ccc(F)cc3)C(=O)C2CC(=O)Nc2ncc(OC)cc2F)cc1. The summed E-state index contributed by atoms with van der Waals surface area (Å²) in [5.74, 6) is -1.65. The Labute approximate surface area is 217 Å². The number of anilines is 2. The standard InChI is InChI=1S/C26H24F2N4O4S/c1-35-19-9-3-16(4-10-19)11-12-31-22(14-23(33)30-24-21(28)13-20(36-2)15-29-24)25(34)32(26(31)37)18-7-5-17(27)6-8-18/h3-10,13,15,22H,11-12,14H2,1-2H3,(H,29,30,33). The highest BCUT2D eigenvalue weighted by Crippen LogP contribution is 2.28. The number of benzene rings is 2. The van der Waals surface area contributed by atoms with Crippen molar-refractivity contribution in [2.75, 3.05) is 31.0 Å². The van der Waals surface area contributed by atoms with Gasteiger partial charge >= 0.3 is 0 Å². The minimum atomic E-state index is -0.947. The number of carbonyl (C=O) groups excluding carboxylic acids is 2. The number of aromatic nitrogens is 1. The molecule has 0 saturated carbocycles. The van der Waals surface area contributed by atoms with Gasteiger partial charge in [0.15, 0.2) is 16.7 Å². The van der Waals surface area contributed by atoms with Crippen molar-refractivity contribution in [1.82, 2.24) is 9.88 Å². The Morgan fingerprint density at radius 1 is 1.05 bits per heavy atom. The molecule has 11 heteroatoms. The van der Waals surface area contributed by atoms with E-state index >= 15 is 0 Å². The fourth-order valence-electron chi connectivity index (χ4n) is 3.94. The van der Waals surface area contributed by atoms with Crippen LogP contribution in [0.4, 0.5) is 20.3 Å². The van der Waals surface area contributed by atoms with E-state index in [9.17, 15) is 18.4 Å². The Balaban J connectivity index is 1.55. The van der Waals surface area contributed by atoms with Crippen molar-refractivity contribution in [3.63, 3.8) is 0 Å². The zero-order valence-corrected chi connectivity index (χ0v) is 20.9. The number of hydrogen-bond donors (Lipinski definition) is 1. The third-order valence-electron chi connectivity index (χ3n) is 5.89. The monoisotopic (exact) mass is 526 g/mol. The van der Waals surface area contributed by atoms with E-state index in [2.05, 4.69) is 10.3 Å². The summed E-state index contributed by atoms with van der Waals surface area (Å²) in [4.78, 5) is 33.1. The number of nitrogens with one attached hydrogen (secondary N) is 1. The molecule has 1 aliphatic rings. The van der Waals surface area contributed by atoms with Gasteiger partial charge in [-0.1, -0.05) is 12.1 Å². The first-order valence-electron chi connectivity index (χ1n) is 11.3. The van der Waals surface area contributed by atoms with E-state index in [4.69, 9.17) is 21.7 Å². The smallest absolute Gasteiger partial charge is 0.256 e. The Morgan fingerprint density at radius 3 is 2.35 bits per heavy atom. The van der Waals surface area contributed by atoms with E-state index in [1.165, 1.54) is 42.5 Å². The molecule has 0 bridgehead atoms. The van der Waals surface area contributed by atoms with E-state index in [-0.39, 0.29) is 23.1 Å². The molecule has 1 aromatic heterocycles. The third kappa shape index (κ3) is 5.83. The summed E-state index contributed by atoms with van der Waals surface area (Å²) in [6.07, 6.45) is 1.50. The molecule has 1 aliphatic heterocycles. The van der Waals surface area contributed by atoms with Crippen LogP contribution in [0.3, 0.4) is 0 Å². The fraction of sp³-hybridized carbons (Fsp3) is 0.231. The van der Waals surface area contributed by atoms with Crippen LogP contribution in [-0.2, 0) is 16.0 Å². The van der Waals surface area contributed by atoms with Crippen LogP contribution in [0.25, 0.3) is 0 Å². The number of ether oxygens (including phenoxy) is 2. The van der Waals surface area contributed by atoms with Crippen LogP contribution >= 0.6 is 12.2 Å². The first-order chi connectivity index (χ1) is 17.8. The molecule has 2 heterocycles. The van der Waals surface area contributed by atoms with Gasteiger partial charge in [-0.3, -0.25) is 14.5 Å². The molecule has 1 N–H and O–H groups in total. The first kappa shape index (κ1) is 26.0. The highest BCUT2D eigenvalue weighted by atomic mass is 32.1. The van der Waals surface area contributed by atoms with Gasteiger partial charge in [0.25, 0.3) is 5.91 Å². The molecule has 37 heavy (non-hydrogen) atoms. The highest BCUT2D eigenvalue weighted by Gasteiger charge is 2.44. The molecule has 0 radical (unpaired) electrons. The Kier molecular flexibility index (Phi) is 7.92. The van der Waals surface area contributed by atoms with Gasteiger partial charge in [0.1, 0.15) is 23.4 Å². The summed E-state index contributed by atoms with van der Waals surface area (Å²) in [7, 11) is 2.95. The minimum absolute atomic E-state index is 0.191. The molecule has 4 rings (SSSR count). The fourth-order valence-corrected chi connectivity index (χ4v) is 4.35. The maximum absolute atomic E-state index is 14.3. The lowest BCUT2D eigenvalue weighted by Crippen LogP contribution is -2.39. The molecule has 1 saturated heterocycles. The molecule has 0 spiro atoms. The van der Waals surface area contributed by atoms with Gasteiger partial charge in [-0.25, -0.2) is 13.8 Å². The van der Waals surface area contributed by atoms with Gasteiger partial charge in [0.05, 0.1) is 32.5 Å². The van der Waals surface area contributed by atoms with Gasteiger partial charge in [0.2, 0.25) is 5.91 Å². The van der Waals surface area contributed by atoms with Crippen molar-refractivity contribution in [2.45, 2.75) is 18.9 Å². The van der Waals surface area contributed by atoms with Gasteiger partial charge in [-0.05, 0) is 60.6 Å². The van der Waals surface area contributed by atoms with Crippen LogP contribution in [-0.4, -0.2) is 53.6 Å². The predicted molar refractivity (Wildman–Crippen MR) is 138 cm³/mol. The van der Waals surface area contributed by atoms with Crippen LogP contribution in [0, 0.1) is 11.6 Å². The van der Waals surface area contributed by atoms with Crippen molar-refractivity contribution < 1.29 is 27.8 Å². The zero-order valence-electron chi connectivity index (χ0n) is 20.1. The van der Waals surface area contributed by atoms with Crippen molar-refractivity contribution in [3.05, 3.63) is 78.0 Å². The van der Waals surface area contributed by atoms with Crippen molar-refractivity contribution >= 4 is 40.6 Å². The van der Waals surface area contributed by atoms with E-state index in [0.717, 1.165) is 11.6 Å². The average molecular weight is 527 g/mol. The number of rotatable bonds is 9. The molecule has 1 fully saturated rings. The second-order valence-corrected chi connectivity index (χ2v) is 8.56. The average Bonchev–Trinajstić information content (AvgIpc) is 3.13. The number of nitrogens with zero attached hydrogens (tertiary/aromatic N) is 3. The summed E-state index contributed by atoms with van der Waals surface area (Å²) >= 11 is 5.62. The second-order valence-electron chi connectivity index (χ2n) is 8.20. The van der Waals surface area contributed by atoms with Crippen LogP contribution in [0.1, 0.15) is 12.0 Å². The van der Waals surface area contributed by atoms with E-state index in [1.807, 2.05) is 24.3 Å². The molecule has 1 atom stereocenters. The lowest BCUT2D eigenvalue weighted by Gasteiger charge is -2.24. The molecule has 0 aliphatic carbocycles. The largest absolute Gasteiger partial charge is 0.497 e. The molecular weight excluding hydrogens is 502 g/mol. The quantitative estimate of drug-likeness (QED) is 0.423. The topological polar surface area (TPSA) is 84.0 Å². The summed E-state index contributed by atoms with van der Waals surface area (Å²) in [5.41, 5.74) is 1.36. The predicted octanol–water partition coefficient (Wildman–Crippen LogP) is 3.95. The molecule has 8 nitrogen and oxygen atoms in total. The lowest BCUT2D eigenvalue weighted by atomic mass is 10.1. The number of carbonyl (C=O) groups is 2. The van der Waals surface area contributed by atoms with Crippen molar-refractivity contribution in [1.29, 1.82) is 0 Å². The number of hydrogen-bond acceptors (Lipinski definition) is 6. The van der Waals surface area contributed by atoms with Gasteiger partial charge < -0.3 is 19.7 Å². The van der Waals surface area contributed by atoms with Crippen LogP contribution < -0.4 is 19.7 Å². The molecule has 1 unspecified atom stereocenters. The van der Waals surface area contributed by atoms with Gasteiger partial charge in [-0.15, -0.1) is 0 Å². The minimum Gasteiger partial charge on any atom is -0.497 e. The van der Waals surface area contributed by atoms with Crippen molar-refractivity contribution in [2.24, 2.45) is 0 Å². The number of methoxy groups -OCH3 is 2. The van der Waals surface area contributed by atoms with Crippen LogP contribution in [0.5, 0.6) is 11.5 Å². The lowest BCUT2D eigenvalue weighted by molar-refractivity contribution is -0.124. The number of thiocarbonyl (C=S) groups is 1. The first-order valence-corrected chi connectivity index (χ1v) is 11.7. The number of pyridine rings is 1. The molecular formula is C26H24F2N4O4S. The third-order valence-corrected chi connectivity index (χ3v) is 6.31. The van der Waals surface area contributed by atoms with E-state index in [0.29, 0.717) is 24.4 Å². The second kappa shape index (κ2) is 11.3. The maximum Gasteiger partial charge on any atom is 0.256 e. The molecule has 2 aromatic carbocycles. The van der Waals surface area contributed by atoms with E-state index in [1.54, 1.807) is 12.0 Å². The van der Waals surface area contributed by atoms with Gasteiger partial charge in [0, 0.05) is 12.6 Å². The molecule has 3 aromatic rings. The molecule has 2 amide bonds. The van der Waals surface area contributed by atoms with Crippen molar-refractivity contribution in [3.8, 4) is 11.5 Å². The number of halogens is 2. The Hall–Kier alpha value is -4.12. The van der Waals surface area contributed by atoms with E-state index < -0.39 is 29.5 Å². The summed E-state index contributed by atoms with van der Waals surface area (Å²) in [6.45, 7) is 0.335. The number of amides is 2. The summed E-state index contributed by atoms with van der Waals surface area (Å²) in [6, 6.07) is 12.9. The highest BCUT2D eigenvalue weighted by molar-refractivity contribution is 7.80. The zero-order chi connectivity index (χ0) is 26.5. The Morgan fingerprint density at radius 2 is 1.73 bits per heavy atom. The normalized spacial score (nSPS) is 15.2. The Bertz CT molecular complexity index is 1300. The summed E-state index contributed by atoms with van der Waals surface area (Å²) < 4.78 is 37.9. The van der Waals surface area contributed by atoms with Gasteiger partial charge in [-0.2, -0.15) is 0 Å². The summed E-state index contributed by atoms with van der Waals surface area (Å²) in [5, 5.41) is 2.60.